The van der Waals surface area contributed by atoms with Crippen LogP contribution in [-0.4, -0.2) is 12.7 Å². The highest BCUT2D eigenvalue weighted by Gasteiger charge is 2.13. The van der Waals surface area contributed by atoms with E-state index in [1.165, 1.54) is 25.7 Å². The van der Waals surface area contributed by atoms with E-state index in [1.807, 2.05) is 13.8 Å². The molecule has 1 rings (SSSR count). The third kappa shape index (κ3) is 5.25. The second-order valence-corrected chi connectivity index (χ2v) is 2.78. The van der Waals surface area contributed by atoms with Gasteiger partial charge in [0.05, 0.1) is 6.10 Å². The molecule has 1 aliphatic carbocycles. The van der Waals surface area contributed by atoms with Crippen LogP contribution >= 0.6 is 0 Å². The zero-order valence-electron chi connectivity index (χ0n) is 8.23. The maximum atomic E-state index is 5.55. The van der Waals surface area contributed by atoms with Crippen molar-refractivity contribution >= 4 is 0 Å². The van der Waals surface area contributed by atoms with Gasteiger partial charge in [-0.25, -0.2) is 0 Å². The molecular weight excluding hydrogens is 136 g/mol. The Hall–Kier alpha value is -0.0400. The zero-order chi connectivity index (χ0) is 8.53. The third-order valence-corrected chi connectivity index (χ3v) is 1.86. The van der Waals surface area contributed by atoms with Gasteiger partial charge in [-0.1, -0.05) is 33.6 Å². The lowest BCUT2D eigenvalue weighted by Crippen LogP contribution is -2.07. The second-order valence-electron chi connectivity index (χ2n) is 2.78. The summed E-state index contributed by atoms with van der Waals surface area (Å²) in [5.41, 5.74) is 0. The first kappa shape index (κ1) is 11.0. The highest BCUT2D eigenvalue weighted by atomic mass is 16.5. The molecular formula is C10H22O. The van der Waals surface area contributed by atoms with Gasteiger partial charge < -0.3 is 4.74 Å². The minimum absolute atomic E-state index is 0.616. The molecule has 1 nitrogen and oxygen atoms in total. The standard InChI is InChI=1S/C8H16O.C2H6/c1-2-7-9-8-5-3-4-6-8;1-2/h8H,2-7H2,1H3;1-2H3. The Bertz CT molecular complexity index is 65.3. The quantitative estimate of drug-likeness (QED) is 0.612. The monoisotopic (exact) mass is 158 g/mol. The van der Waals surface area contributed by atoms with Gasteiger partial charge in [-0.15, -0.1) is 0 Å². The lowest BCUT2D eigenvalue weighted by atomic mass is 10.3. The van der Waals surface area contributed by atoms with E-state index in [9.17, 15) is 0 Å². The largest absolute Gasteiger partial charge is 0.378 e. The average Bonchev–Trinajstić information content (AvgIpc) is 2.57. The molecule has 1 fully saturated rings. The van der Waals surface area contributed by atoms with Gasteiger partial charge in [-0.3, -0.25) is 0 Å². The van der Waals surface area contributed by atoms with Crippen molar-refractivity contribution < 1.29 is 4.74 Å². The van der Waals surface area contributed by atoms with Crippen molar-refractivity contribution in [3.05, 3.63) is 0 Å². The van der Waals surface area contributed by atoms with Gasteiger partial charge in [0.25, 0.3) is 0 Å². The van der Waals surface area contributed by atoms with E-state index in [2.05, 4.69) is 6.92 Å². The molecule has 0 amide bonds. The van der Waals surface area contributed by atoms with E-state index in [0.717, 1.165) is 13.0 Å². The molecule has 68 valence electrons. The Morgan fingerprint density at radius 1 is 1.18 bits per heavy atom. The molecule has 0 aromatic rings. The van der Waals surface area contributed by atoms with E-state index in [0.29, 0.717) is 6.10 Å². The maximum Gasteiger partial charge on any atom is 0.0575 e. The van der Waals surface area contributed by atoms with Crippen molar-refractivity contribution in [3.8, 4) is 0 Å². The Kier molecular flexibility index (Phi) is 8.03. The lowest BCUT2D eigenvalue weighted by molar-refractivity contribution is 0.0589. The Morgan fingerprint density at radius 3 is 2.18 bits per heavy atom. The zero-order valence-corrected chi connectivity index (χ0v) is 8.23. The first-order chi connectivity index (χ1) is 5.43. The normalized spacial score (nSPS) is 17.7. The summed E-state index contributed by atoms with van der Waals surface area (Å²) in [5, 5.41) is 0. The van der Waals surface area contributed by atoms with Gasteiger partial charge in [0.1, 0.15) is 0 Å². The fraction of sp³-hybridized carbons (Fsp3) is 1.00. The molecule has 0 heterocycles. The highest BCUT2D eigenvalue weighted by molar-refractivity contribution is 4.66. The Morgan fingerprint density at radius 2 is 1.73 bits per heavy atom. The van der Waals surface area contributed by atoms with Crippen molar-refractivity contribution in [1.29, 1.82) is 0 Å². The molecule has 0 aromatic heterocycles. The molecule has 1 saturated carbocycles. The van der Waals surface area contributed by atoms with Crippen LogP contribution in [0.5, 0.6) is 0 Å². The fourth-order valence-electron chi connectivity index (χ4n) is 1.34. The van der Waals surface area contributed by atoms with Crippen LogP contribution in [0, 0.1) is 0 Å². The van der Waals surface area contributed by atoms with Crippen LogP contribution < -0.4 is 0 Å². The molecule has 0 aromatic carbocycles. The smallest absolute Gasteiger partial charge is 0.0575 e. The summed E-state index contributed by atoms with van der Waals surface area (Å²) in [6.45, 7) is 7.12. The Labute approximate surface area is 71.1 Å². The highest BCUT2D eigenvalue weighted by Crippen LogP contribution is 2.20. The van der Waals surface area contributed by atoms with Gasteiger partial charge in [-0.2, -0.15) is 0 Å². The molecule has 0 radical (unpaired) electrons. The number of ether oxygens (including phenoxy) is 1. The summed E-state index contributed by atoms with van der Waals surface area (Å²) in [7, 11) is 0. The van der Waals surface area contributed by atoms with Gasteiger partial charge in [0, 0.05) is 6.61 Å². The van der Waals surface area contributed by atoms with E-state index in [-0.39, 0.29) is 0 Å². The summed E-state index contributed by atoms with van der Waals surface area (Å²) in [6, 6.07) is 0. The molecule has 1 aliphatic rings. The second kappa shape index (κ2) is 8.06. The minimum Gasteiger partial charge on any atom is -0.378 e. The van der Waals surface area contributed by atoms with Crippen molar-refractivity contribution in [2.45, 2.75) is 59.0 Å². The van der Waals surface area contributed by atoms with E-state index in [4.69, 9.17) is 4.74 Å². The number of hydrogen-bond acceptors (Lipinski definition) is 1. The summed E-state index contributed by atoms with van der Waals surface area (Å²) in [6.07, 6.45) is 7.16. The van der Waals surface area contributed by atoms with Gasteiger partial charge >= 0.3 is 0 Å². The average molecular weight is 158 g/mol. The summed E-state index contributed by atoms with van der Waals surface area (Å²) >= 11 is 0. The summed E-state index contributed by atoms with van der Waals surface area (Å²) in [5.74, 6) is 0. The van der Waals surface area contributed by atoms with Crippen LogP contribution in [0.4, 0.5) is 0 Å². The first-order valence-electron chi connectivity index (χ1n) is 5.05. The van der Waals surface area contributed by atoms with E-state index in [1.54, 1.807) is 0 Å². The van der Waals surface area contributed by atoms with Crippen LogP contribution in [0.1, 0.15) is 52.9 Å². The molecule has 1 heteroatoms. The fourth-order valence-corrected chi connectivity index (χ4v) is 1.34. The minimum atomic E-state index is 0.616. The summed E-state index contributed by atoms with van der Waals surface area (Å²) < 4.78 is 5.55. The first-order valence-corrected chi connectivity index (χ1v) is 5.05. The third-order valence-electron chi connectivity index (χ3n) is 1.86. The molecule has 0 atom stereocenters. The van der Waals surface area contributed by atoms with Gasteiger partial charge in [0.2, 0.25) is 0 Å². The van der Waals surface area contributed by atoms with Crippen LogP contribution in [0.2, 0.25) is 0 Å². The summed E-state index contributed by atoms with van der Waals surface area (Å²) in [4.78, 5) is 0. The van der Waals surface area contributed by atoms with Crippen LogP contribution in [0.3, 0.4) is 0 Å². The van der Waals surface area contributed by atoms with Crippen LogP contribution in [-0.2, 0) is 4.74 Å². The van der Waals surface area contributed by atoms with Gasteiger partial charge in [-0.05, 0) is 19.3 Å². The number of rotatable bonds is 3. The number of hydrogen-bond donors (Lipinski definition) is 0. The maximum absolute atomic E-state index is 5.55. The Balaban J connectivity index is 0.000000461. The predicted molar refractivity (Wildman–Crippen MR) is 49.8 cm³/mol. The predicted octanol–water partition coefficient (Wildman–Crippen LogP) is 3.38. The van der Waals surface area contributed by atoms with Crippen molar-refractivity contribution in [2.24, 2.45) is 0 Å². The SMILES string of the molecule is CC.CCCOC1CCCC1. The molecule has 0 unspecified atom stereocenters. The topological polar surface area (TPSA) is 9.23 Å². The molecule has 11 heavy (non-hydrogen) atoms. The van der Waals surface area contributed by atoms with E-state index < -0.39 is 0 Å². The van der Waals surface area contributed by atoms with E-state index >= 15 is 0 Å². The molecule has 0 aliphatic heterocycles. The molecule has 0 saturated heterocycles. The van der Waals surface area contributed by atoms with Crippen LogP contribution in [0.25, 0.3) is 0 Å². The lowest BCUT2D eigenvalue weighted by Gasteiger charge is -2.08. The van der Waals surface area contributed by atoms with Crippen molar-refractivity contribution in [3.63, 3.8) is 0 Å². The van der Waals surface area contributed by atoms with Crippen molar-refractivity contribution in [2.75, 3.05) is 6.61 Å². The molecule has 0 spiro atoms. The van der Waals surface area contributed by atoms with Crippen LogP contribution in [0.15, 0.2) is 0 Å². The van der Waals surface area contributed by atoms with Gasteiger partial charge in [0.15, 0.2) is 0 Å². The molecule has 0 N–H and O–H groups in total. The van der Waals surface area contributed by atoms with Crippen molar-refractivity contribution in [1.82, 2.24) is 0 Å². The molecule has 0 bridgehead atoms.